The van der Waals surface area contributed by atoms with Gasteiger partial charge in [-0.25, -0.2) is 4.98 Å². The number of pyridine rings is 1. The van der Waals surface area contributed by atoms with Crippen LogP contribution in [0.5, 0.6) is 0 Å². The molecule has 122 valence electrons. The molecule has 1 N–H and O–H groups in total. The number of carbonyl (C=O) groups excluding carboxylic acids is 1. The summed E-state index contributed by atoms with van der Waals surface area (Å²) in [5.74, 6) is 1.58. The fraction of sp³-hybridized carbons (Fsp3) is 0.471. The van der Waals surface area contributed by atoms with Crippen molar-refractivity contribution in [2.75, 3.05) is 23.3 Å². The van der Waals surface area contributed by atoms with Gasteiger partial charge in [0.05, 0.1) is 24.0 Å². The summed E-state index contributed by atoms with van der Waals surface area (Å²) in [5, 5.41) is 6.74. The van der Waals surface area contributed by atoms with Crippen molar-refractivity contribution in [1.82, 2.24) is 10.1 Å². The van der Waals surface area contributed by atoms with Crippen LogP contribution in [0.1, 0.15) is 36.3 Å². The van der Waals surface area contributed by atoms with Crippen molar-refractivity contribution in [3.05, 3.63) is 35.3 Å². The van der Waals surface area contributed by atoms with E-state index in [1.807, 2.05) is 26.0 Å². The lowest BCUT2D eigenvalue weighted by atomic mass is 10.1. The summed E-state index contributed by atoms with van der Waals surface area (Å²) < 4.78 is 5.08. The fourth-order valence-electron chi connectivity index (χ4n) is 2.89. The maximum absolute atomic E-state index is 12.2. The number of nitrogens with one attached hydrogen (secondary N) is 1. The van der Waals surface area contributed by atoms with Crippen molar-refractivity contribution in [1.29, 1.82) is 0 Å². The van der Waals surface area contributed by atoms with Gasteiger partial charge in [0, 0.05) is 18.7 Å². The first kappa shape index (κ1) is 15.5. The van der Waals surface area contributed by atoms with E-state index in [0.29, 0.717) is 11.4 Å². The fourth-order valence-corrected chi connectivity index (χ4v) is 2.89. The molecular weight excluding hydrogens is 292 g/mol. The molecule has 3 heterocycles. The molecule has 0 aliphatic carbocycles. The van der Waals surface area contributed by atoms with Crippen LogP contribution < -0.4 is 10.2 Å². The largest absolute Gasteiger partial charge is 0.361 e. The molecular formula is C17H22N4O2. The van der Waals surface area contributed by atoms with E-state index in [-0.39, 0.29) is 12.3 Å². The van der Waals surface area contributed by atoms with E-state index in [9.17, 15) is 4.79 Å². The highest BCUT2D eigenvalue weighted by molar-refractivity contribution is 5.92. The predicted octanol–water partition coefficient (Wildman–Crippen LogP) is 2.86. The van der Waals surface area contributed by atoms with E-state index in [2.05, 4.69) is 20.4 Å². The van der Waals surface area contributed by atoms with Crippen LogP contribution >= 0.6 is 0 Å². The maximum Gasteiger partial charge on any atom is 0.229 e. The third-order valence-electron chi connectivity index (χ3n) is 4.23. The van der Waals surface area contributed by atoms with Crippen LogP contribution in [0.2, 0.25) is 0 Å². The summed E-state index contributed by atoms with van der Waals surface area (Å²) in [6.07, 6.45) is 5.71. The summed E-state index contributed by atoms with van der Waals surface area (Å²) in [4.78, 5) is 18.9. The number of aromatic nitrogens is 2. The van der Waals surface area contributed by atoms with Gasteiger partial charge >= 0.3 is 0 Å². The van der Waals surface area contributed by atoms with Gasteiger partial charge in [0.2, 0.25) is 5.91 Å². The smallest absolute Gasteiger partial charge is 0.229 e. The van der Waals surface area contributed by atoms with Crippen LogP contribution in [-0.4, -0.2) is 29.1 Å². The Kier molecular flexibility index (Phi) is 4.60. The Bertz CT molecular complexity index is 653. The van der Waals surface area contributed by atoms with Gasteiger partial charge in [-0.15, -0.1) is 0 Å². The number of aryl methyl sites for hydroxylation is 2. The molecule has 0 unspecified atom stereocenters. The van der Waals surface area contributed by atoms with Crippen LogP contribution in [0.15, 0.2) is 22.9 Å². The third-order valence-corrected chi connectivity index (χ3v) is 4.23. The zero-order valence-electron chi connectivity index (χ0n) is 13.6. The Morgan fingerprint density at radius 3 is 2.65 bits per heavy atom. The maximum atomic E-state index is 12.2. The SMILES string of the molecule is Cc1noc(C)c1CC(=O)Nc1ccc(N2CCCCC2)nc1. The van der Waals surface area contributed by atoms with Crippen molar-refractivity contribution < 1.29 is 9.32 Å². The van der Waals surface area contributed by atoms with E-state index >= 15 is 0 Å². The minimum Gasteiger partial charge on any atom is -0.361 e. The minimum absolute atomic E-state index is 0.0908. The number of carbonyl (C=O) groups is 1. The zero-order chi connectivity index (χ0) is 16.2. The average molecular weight is 314 g/mol. The van der Waals surface area contributed by atoms with Gasteiger partial charge in [0.25, 0.3) is 0 Å². The monoisotopic (exact) mass is 314 g/mol. The number of anilines is 2. The van der Waals surface area contributed by atoms with Crippen LogP contribution in [0, 0.1) is 13.8 Å². The molecule has 0 aromatic carbocycles. The van der Waals surface area contributed by atoms with Gasteiger partial charge in [0.1, 0.15) is 11.6 Å². The highest BCUT2D eigenvalue weighted by Crippen LogP contribution is 2.19. The summed E-state index contributed by atoms with van der Waals surface area (Å²) >= 11 is 0. The molecule has 6 nitrogen and oxygen atoms in total. The molecule has 0 saturated carbocycles. The minimum atomic E-state index is -0.0908. The second-order valence-electron chi connectivity index (χ2n) is 5.98. The van der Waals surface area contributed by atoms with Crippen molar-refractivity contribution in [2.24, 2.45) is 0 Å². The average Bonchev–Trinajstić information content (AvgIpc) is 2.88. The Balaban J connectivity index is 1.60. The molecule has 0 atom stereocenters. The second-order valence-corrected chi connectivity index (χ2v) is 5.98. The lowest BCUT2D eigenvalue weighted by Crippen LogP contribution is -2.30. The summed E-state index contributed by atoms with van der Waals surface area (Å²) in [5.41, 5.74) is 2.32. The normalized spacial score (nSPS) is 14.8. The van der Waals surface area contributed by atoms with E-state index < -0.39 is 0 Å². The molecule has 2 aromatic heterocycles. The first-order chi connectivity index (χ1) is 11.1. The van der Waals surface area contributed by atoms with E-state index in [1.54, 1.807) is 6.20 Å². The van der Waals surface area contributed by atoms with Crippen molar-refractivity contribution in [3.63, 3.8) is 0 Å². The van der Waals surface area contributed by atoms with Crippen LogP contribution in [0.3, 0.4) is 0 Å². The molecule has 3 rings (SSSR count). The van der Waals surface area contributed by atoms with E-state index in [1.165, 1.54) is 19.3 Å². The zero-order valence-corrected chi connectivity index (χ0v) is 13.6. The molecule has 2 aromatic rings. The molecule has 1 amide bonds. The number of piperidine rings is 1. The molecule has 1 aliphatic heterocycles. The third kappa shape index (κ3) is 3.70. The highest BCUT2D eigenvalue weighted by atomic mass is 16.5. The summed E-state index contributed by atoms with van der Waals surface area (Å²) in [6.45, 7) is 5.78. The van der Waals surface area contributed by atoms with Crippen molar-refractivity contribution in [2.45, 2.75) is 39.5 Å². The first-order valence-electron chi connectivity index (χ1n) is 8.06. The Morgan fingerprint density at radius 1 is 1.26 bits per heavy atom. The highest BCUT2D eigenvalue weighted by Gasteiger charge is 2.15. The number of amides is 1. The molecule has 1 saturated heterocycles. The van der Waals surface area contributed by atoms with Gasteiger partial charge in [-0.2, -0.15) is 0 Å². The molecule has 0 radical (unpaired) electrons. The van der Waals surface area contributed by atoms with E-state index in [4.69, 9.17) is 4.52 Å². The quantitative estimate of drug-likeness (QED) is 0.939. The van der Waals surface area contributed by atoms with Gasteiger partial charge in [-0.05, 0) is 45.2 Å². The number of hydrogen-bond acceptors (Lipinski definition) is 5. The standard InChI is InChI=1S/C17H22N4O2/c1-12-15(13(2)23-20-12)10-17(22)19-14-6-7-16(18-11-14)21-8-4-3-5-9-21/h6-7,11H,3-5,8-10H2,1-2H3,(H,19,22). The van der Waals surface area contributed by atoms with Gasteiger partial charge in [-0.3, -0.25) is 4.79 Å². The molecule has 6 heteroatoms. The van der Waals surface area contributed by atoms with Gasteiger partial charge in [0.15, 0.2) is 0 Å². The van der Waals surface area contributed by atoms with Crippen LogP contribution in [-0.2, 0) is 11.2 Å². The Hall–Kier alpha value is -2.37. The number of rotatable bonds is 4. The number of nitrogens with zero attached hydrogens (tertiary/aromatic N) is 3. The Labute approximate surface area is 135 Å². The van der Waals surface area contributed by atoms with Gasteiger partial charge in [-0.1, -0.05) is 5.16 Å². The van der Waals surface area contributed by atoms with Gasteiger partial charge < -0.3 is 14.7 Å². The van der Waals surface area contributed by atoms with Crippen molar-refractivity contribution >= 4 is 17.4 Å². The first-order valence-corrected chi connectivity index (χ1v) is 8.06. The predicted molar refractivity (Wildman–Crippen MR) is 88.6 cm³/mol. The summed E-state index contributed by atoms with van der Waals surface area (Å²) in [6, 6.07) is 3.87. The molecule has 1 fully saturated rings. The number of hydrogen-bond donors (Lipinski definition) is 1. The van der Waals surface area contributed by atoms with E-state index in [0.717, 1.165) is 30.2 Å². The summed E-state index contributed by atoms with van der Waals surface area (Å²) in [7, 11) is 0. The molecule has 1 aliphatic rings. The molecule has 0 bridgehead atoms. The molecule has 0 spiro atoms. The lowest BCUT2D eigenvalue weighted by molar-refractivity contribution is -0.115. The van der Waals surface area contributed by atoms with Crippen LogP contribution in [0.25, 0.3) is 0 Å². The second kappa shape index (κ2) is 6.81. The lowest BCUT2D eigenvalue weighted by Gasteiger charge is -2.27. The van der Waals surface area contributed by atoms with Crippen LogP contribution in [0.4, 0.5) is 11.5 Å². The topological polar surface area (TPSA) is 71.3 Å². The molecule has 23 heavy (non-hydrogen) atoms. The van der Waals surface area contributed by atoms with Crippen molar-refractivity contribution in [3.8, 4) is 0 Å². The Morgan fingerprint density at radius 2 is 2.04 bits per heavy atom.